The van der Waals surface area contributed by atoms with Crippen molar-refractivity contribution >= 4 is 34.2 Å². The summed E-state index contributed by atoms with van der Waals surface area (Å²) in [6.07, 6.45) is 0. The fourth-order valence-corrected chi connectivity index (χ4v) is 2.45. The molecular formula is C17H14ClN3O. The number of carbonyl (C=O) groups is 1. The average molecular weight is 312 g/mol. The first-order valence-electron chi connectivity index (χ1n) is 6.89. The quantitative estimate of drug-likeness (QED) is 0.738. The molecule has 0 atom stereocenters. The van der Waals surface area contributed by atoms with E-state index in [2.05, 4.69) is 9.97 Å². The molecule has 4 nitrogen and oxygen atoms in total. The van der Waals surface area contributed by atoms with Crippen LogP contribution in [0.25, 0.3) is 11.0 Å². The summed E-state index contributed by atoms with van der Waals surface area (Å²) in [5.74, 6) is -0.0720. The Labute approximate surface area is 133 Å². The Kier molecular flexibility index (Phi) is 4.02. The summed E-state index contributed by atoms with van der Waals surface area (Å²) in [6.45, 7) is 1.81. The Bertz CT molecular complexity index is 821. The highest BCUT2D eigenvalue weighted by atomic mass is 35.5. The van der Waals surface area contributed by atoms with E-state index in [4.69, 9.17) is 11.6 Å². The Morgan fingerprint density at radius 3 is 2.23 bits per heavy atom. The van der Waals surface area contributed by atoms with Crippen LogP contribution in [-0.4, -0.2) is 15.9 Å². The number of halogens is 1. The molecule has 0 aliphatic carbocycles. The minimum atomic E-state index is -0.0720. The van der Waals surface area contributed by atoms with Gasteiger partial charge in [-0.15, -0.1) is 0 Å². The van der Waals surface area contributed by atoms with Gasteiger partial charge in [-0.1, -0.05) is 41.9 Å². The molecule has 5 heteroatoms. The lowest BCUT2D eigenvalue weighted by Gasteiger charge is -2.21. The molecule has 0 radical (unpaired) electrons. The number of nitrogens with zero attached hydrogens (tertiary/aromatic N) is 3. The first-order chi connectivity index (χ1) is 10.6. The molecule has 0 bridgehead atoms. The Morgan fingerprint density at radius 2 is 1.59 bits per heavy atom. The fraction of sp³-hybridized carbons (Fsp3) is 0.118. The van der Waals surface area contributed by atoms with E-state index in [0.717, 1.165) is 16.7 Å². The number of carbonyl (C=O) groups excluding carboxylic acids is 1. The molecule has 3 rings (SSSR count). The van der Waals surface area contributed by atoms with E-state index >= 15 is 0 Å². The smallest absolute Gasteiger partial charge is 0.224 e. The Balaban J connectivity index is 2.00. The maximum Gasteiger partial charge on any atom is 0.224 e. The Morgan fingerprint density at radius 1 is 1.00 bits per heavy atom. The standard InChI is InChI=1S/C17H14ClN3O/c1-12(22)21(13-7-3-2-4-8-13)11-16-17(18)20-15-10-6-5-9-14(15)19-16/h2-10H,11H2,1H3. The summed E-state index contributed by atoms with van der Waals surface area (Å²) in [5, 5.41) is 0.320. The van der Waals surface area contributed by atoms with Gasteiger partial charge in [0.25, 0.3) is 0 Å². The largest absolute Gasteiger partial charge is 0.307 e. The zero-order chi connectivity index (χ0) is 15.5. The van der Waals surface area contributed by atoms with Crippen molar-refractivity contribution in [2.45, 2.75) is 13.5 Å². The molecule has 0 saturated heterocycles. The Hall–Kier alpha value is -2.46. The number of hydrogen-bond donors (Lipinski definition) is 0. The second-order valence-corrected chi connectivity index (χ2v) is 5.25. The number of fused-ring (bicyclic) bond motifs is 1. The summed E-state index contributed by atoms with van der Waals surface area (Å²) in [7, 11) is 0. The minimum absolute atomic E-state index is 0.0720. The van der Waals surface area contributed by atoms with E-state index < -0.39 is 0 Å². The highest BCUT2D eigenvalue weighted by Crippen LogP contribution is 2.22. The van der Waals surface area contributed by atoms with Crippen molar-refractivity contribution < 1.29 is 4.79 Å². The van der Waals surface area contributed by atoms with Crippen LogP contribution in [0.1, 0.15) is 12.6 Å². The van der Waals surface area contributed by atoms with Crippen LogP contribution in [-0.2, 0) is 11.3 Å². The molecule has 2 aromatic carbocycles. The predicted molar refractivity (Wildman–Crippen MR) is 87.9 cm³/mol. The summed E-state index contributed by atoms with van der Waals surface area (Å²) < 4.78 is 0. The van der Waals surface area contributed by atoms with Crippen LogP contribution in [0.5, 0.6) is 0 Å². The number of rotatable bonds is 3. The molecule has 0 spiro atoms. The number of amides is 1. The number of aromatic nitrogens is 2. The van der Waals surface area contributed by atoms with Crippen LogP contribution < -0.4 is 4.90 Å². The monoisotopic (exact) mass is 311 g/mol. The third-order valence-electron chi connectivity index (χ3n) is 3.35. The van der Waals surface area contributed by atoms with Crippen molar-refractivity contribution in [1.82, 2.24) is 9.97 Å². The maximum atomic E-state index is 12.0. The molecule has 1 amide bonds. The lowest BCUT2D eigenvalue weighted by molar-refractivity contribution is -0.116. The number of hydrogen-bond acceptors (Lipinski definition) is 3. The molecule has 0 saturated carbocycles. The molecule has 0 fully saturated rings. The topological polar surface area (TPSA) is 46.1 Å². The second kappa shape index (κ2) is 6.12. The van der Waals surface area contributed by atoms with E-state index in [1.54, 1.807) is 4.90 Å². The molecule has 0 N–H and O–H groups in total. The van der Waals surface area contributed by atoms with Gasteiger partial charge in [0.15, 0.2) is 5.15 Å². The van der Waals surface area contributed by atoms with Crippen LogP contribution in [0, 0.1) is 0 Å². The zero-order valence-electron chi connectivity index (χ0n) is 12.0. The van der Waals surface area contributed by atoms with Crippen molar-refractivity contribution in [3.8, 4) is 0 Å². The molecule has 0 aliphatic heterocycles. The summed E-state index contributed by atoms with van der Waals surface area (Å²) in [4.78, 5) is 22.5. The summed E-state index contributed by atoms with van der Waals surface area (Å²) >= 11 is 6.23. The number of anilines is 1. The molecular weight excluding hydrogens is 298 g/mol. The first-order valence-corrected chi connectivity index (χ1v) is 7.27. The summed E-state index contributed by atoms with van der Waals surface area (Å²) in [5.41, 5.74) is 2.89. The molecule has 1 aromatic heterocycles. The predicted octanol–water partition coefficient (Wildman–Crippen LogP) is 3.84. The highest BCUT2D eigenvalue weighted by molar-refractivity contribution is 6.30. The second-order valence-electron chi connectivity index (χ2n) is 4.89. The zero-order valence-corrected chi connectivity index (χ0v) is 12.8. The van der Waals surface area contributed by atoms with E-state index in [0.29, 0.717) is 10.8 Å². The van der Waals surface area contributed by atoms with Gasteiger partial charge in [-0.05, 0) is 24.3 Å². The van der Waals surface area contributed by atoms with Gasteiger partial charge in [0, 0.05) is 12.6 Å². The normalized spacial score (nSPS) is 10.6. The van der Waals surface area contributed by atoms with Crippen LogP contribution in [0.4, 0.5) is 5.69 Å². The molecule has 3 aromatic rings. The third-order valence-corrected chi connectivity index (χ3v) is 3.65. The number of para-hydroxylation sites is 3. The van der Waals surface area contributed by atoms with Gasteiger partial charge in [0.1, 0.15) is 0 Å². The van der Waals surface area contributed by atoms with Crippen LogP contribution in [0.3, 0.4) is 0 Å². The van der Waals surface area contributed by atoms with Crippen LogP contribution >= 0.6 is 11.6 Å². The van der Waals surface area contributed by atoms with Gasteiger partial charge in [-0.2, -0.15) is 0 Å². The van der Waals surface area contributed by atoms with Crippen molar-refractivity contribution in [1.29, 1.82) is 0 Å². The van der Waals surface area contributed by atoms with E-state index in [1.807, 2.05) is 54.6 Å². The van der Waals surface area contributed by atoms with Crippen LogP contribution in [0.2, 0.25) is 5.15 Å². The molecule has 22 heavy (non-hydrogen) atoms. The van der Waals surface area contributed by atoms with Gasteiger partial charge in [0.05, 0.1) is 23.3 Å². The number of benzene rings is 2. The third kappa shape index (κ3) is 2.92. The fourth-order valence-electron chi connectivity index (χ4n) is 2.26. The van der Waals surface area contributed by atoms with Gasteiger partial charge >= 0.3 is 0 Å². The van der Waals surface area contributed by atoms with Crippen LogP contribution in [0.15, 0.2) is 54.6 Å². The summed E-state index contributed by atoms with van der Waals surface area (Å²) in [6, 6.07) is 17.0. The SMILES string of the molecule is CC(=O)N(Cc1nc2ccccc2nc1Cl)c1ccccc1. The van der Waals surface area contributed by atoms with E-state index in [9.17, 15) is 4.79 Å². The lowest BCUT2D eigenvalue weighted by Crippen LogP contribution is -2.28. The highest BCUT2D eigenvalue weighted by Gasteiger charge is 2.16. The molecule has 0 unspecified atom stereocenters. The van der Waals surface area contributed by atoms with Gasteiger partial charge < -0.3 is 4.90 Å². The van der Waals surface area contributed by atoms with E-state index in [1.165, 1.54) is 6.92 Å². The minimum Gasteiger partial charge on any atom is -0.307 e. The first kappa shape index (κ1) is 14.5. The molecule has 0 aliphatic rings. The van der Waals surface area contributed by atoms with Crippen molar-refractivity contribution in [3.63, 3.8) is 0 Å². The maximum absolute atomic E-state index is 12.0. The average Bonchev–Trinajstić information content (AvgIpc) is 2.53. The molecule has 110 valence electrons. The van der Waals surface area contributed by atoms with Gasteiger partial charge in [0.2, 0.25) is 5.91 Å². The van der Waals surface area contributed by atoms with Crippen molar-refractivity contribution in [2.75, 3.05) is 4.90 Å². The van der Waals surface area contributed by atoms with Crippen molar-refractivity contribution in [3.05, 3.63) is 65.4 Å². The lowest BCUT2D eigenvalue weighted by atomic mass is 10.2. The van der Waals surface area contributed by atoms with Gasteiger partial charge in [-0.25, -0.2) is 9.97 Å². The van der Waals surface area contributed by atoms with Crippen molar-refractivity contribution in [2.24, 2.45) is 0 Å². The van der Waals surface area contributed by atoms with E-state index in [-0.39, 0.29) is 12.5 Å². The molecule has 1 heterocycles. The van der Waals surface area contributed by atoms with Gasteiger partial charge in [-0.3, -0.25) is 4.79 Å².